The molecule has 0 unspecified atom stereocenters. The predicted molar refractivity (Wildman–Crippen MR) is 44.7 cm³/mol. The van der Waals surface area contributed by atoms with E-state index < -0.39 is 12.1 Å². The normalized spacial score (nSPS) is 11.9. The van der Waals surface area contributed by atoms with Crippen LogP contribution in [0.25, 0.3) is 0 Å². The summed E-state index contributed by atoms with van der Waals surface area (Å²) in [6, 6.07) is 0. The highest BCUT2D eigenvalue weighted by molar-refractivity contribution is 5.83. The molecule has 0 aromatic heterocycles. The minimum atomic E-state index is -4.90. The van der Waals surface area contributed by atoms with Gasteiger partial charge in [-0.2, -0.15) is 13.2 Å². The summed E-state index contributed by atoms with van der Waals surface area (Å²) in [4.78, 5) is 10.4. The smallest absolute Gasteiger partial charge is 0.373 e. The number of alkyl halides is 3. The van der Waals surface area contributed by atoms with Crippen LogP contribution in [0.3, 0.4) is 0 Å². The Morgan fingerprint density at radius 1 is 1.43 bits per heavy atom. The maximum absolute atomic E-state index is 11.8. The zero-order valence-electron chi connectivity index (χ0n) is 7.40. The fourth-order valence-electron chi connectivity index (χ4n) is 0.506. The van der Waals surface area contributed by atoms with Gasteiger partial charge in [0.2, 0.25) is 0 Å². The van der Waals surface area contributed by atoms with Crippen LogP contribution in [0.4, 0.5) is 13.2 Å². The Kier molecular flexibility index (Phi) is 4.54. The molecule has 0 spiro atoms. The Hall–Kier alpha value is -1.66. The minimum absolute atomic E-state index is 0.104. The molecule has 3 N–H and O–H groups in total. The van der Waals surface area contributed by atoms with Crippen LogP contribution >= 0.6 is 0 Å². The van der Waals surface area contributed by atoms with E-state index >= 15 is 0 Å². The summed E-state index contributed by atoms with van der Waals surface area (Å²) in [5.41, 5.74) is 0. The van der Waals surface area contributed by atoms with Crippen LogP contribution < -0.4 is 16.0 Å². The van der Waals surface area contributed by atoms with Gasteiger partial charge < -0.3 is 16.0 Å². The van der Waals surface area contributed by atoms with Crippen molar-refractivity contribution >= 4 is 5.91 Å². The van der Waals surface area contributed by atoms with Gasteiger partial charge in [0.05, 0.1) is 0 Å². The summed E-state index contributed by atoms with van der Waals surface area (Å²) in [6.45, 7) is 3.28. The third-order valence-corrected chi connectivity index (χ3v) is 1.12. The van der Waals surface area contributed by atoms with Gasteiger partial charge in [0.25, 0.3) is 0 Å². The molecule has 0 rings (SSSR count). The van der Waals surface area contributed by atoms with Gasteiger partial charge >= 0.3 is 12.1 Å². The molecule has 14 heavy (non-hydrogen) atoms. The zero-order valence-corrected chi connectivity index (χ0v) is 7.40. The Labute approximate surface area is 78.9 Å². The van der Waals surface area contributed by atoms with Crippen molar-refractivity contribution < 1.29 is 18.0 Å². The second-order valence-corrected chi connectivity index (χ2v) is 2.13. The van der Waals surface area contributed by atoms with E-state index in [0.717, 1.165) is 6.20 Å². The monoisotopic (exact) mass is 209 g/mol. The first kappa shape index (κ1) is 12.3. The van der Waals surface area contributed by atoms with Gasteiger partial charge in [-0.3, -0.25) is 4.79 Å². The van der Waals surface area contributed by atoms with Crippen molar-refractivity contribution in [3.05, 3.63) is 24.8 Å². The first-order valence-electron chi connectivity index (χ1n) is 3.55. The number of hydrogen-bond acceptors (Lipinski definition) is 3. The van der Waals surface area contributed by atoms with E-state index in [1.807, 2.05) is 0 Å². The average molecular weight is 209 g/mol. The molecule has 0 saturated heterocycles. The van der Waals surface area contributed by atoms with E-state index in [2.05, 4.69) is 17.2 Å². The van der Waals surface area contributed by atoms with Crippen LogP contribution in [0.15, 0.2) is 24.8 Å². The lowest BCUT2D eigenvalue weighted by atomic mass is 10.5. The van der Waals surface area contributed by atoms with E-state index in [1.54, 1.807) is 5.32 Å². The van der Waals surface area contributed by atoms with Crippen LogP contribution in [0, 0.1) is 0 Å². The molecule has 0 aliphatic rings. The van der Waals surface area contributed by atoms with Crippen molar-refractivity contribution in [2.45, 2.75) is 6.18 Å². The molecule has 0 radical (unpaired) electrons. The fourth-order valence-corrected chi connectivity index (χ4v) is 0.506. The van der Waals surface area contributed by atoms with E-state index in [4.69, 9.17) is 0 Å². The highest BCUT2D eigenvalue weighted by Crippen LogP contribution is 2.14. The van der Waals surface area contributed by atoms with E-state index in [1.165, 1.54) is 13.2 Å². The summed E-state index contributed by atoms with van der Waals surface area (Å²) in [7, 11) is 1.37. The summed E-state index contributed by atoms with van der Waals surface area (Å²) in [5, 5.41) is 6.39. The Morgan fingerprint density at radius 3 is 2.36 bits per heavy atom. The topological polar surface area (TPSA) is 53.2 Å². The predicted octanol–water partition coefficient (Wildman–Crippen LogP) is 0.416. The maximum Gasteiger partial charge on any atom is 0.471 e. The molecule has 1 amide bonds. The molecular formula is C7H10F3N3O. The van der Waals surface area contributed by atoms with Crippen LogP contribution in [-0.4, -0.2) is 19.1 Å². The van der Waals surface area contributed by atoms with Gasteiger partial charge in [0.15, 0.2) is 0 Å². The molecule has 0 atom stereocenters. The Morgan fingerprint density at radius 2 is 2.00 bits per heavy atom. The molecule has 0 aliphatic heterocycles. The summed E-state index contributed by atoms with van der Waals surface area (Å²) in [6.07, 6.45) is -2.52. The first-order chi connectivity index (χ1) is 6.41. The third-order valence-electron chi connectivity index (χ3n) is 1.12. The zero-order chi connectivity index (χ0) is 11.2. The highest BCUT2D eigenvalue weighted by Gasteiger charge is 2.38. The minimum Gasteiger partial charge on any atom is -0.373 e. The maximum atomic E-state index is 11.8. The van der Waals surface area contributed by atoms with Crippen LogP contribution in [-0.2, 0) is 4.79 Å². The quantitative estimate of drug-likeness (QED) is 0.628. The van der Waals surface area contributed by atoms with Gasteiger partial charge in [-0.25, -0.2) is 0 Å². The highest BCUT2D eigenvalue weighted by atomic mass is 19.4. The molecule has 80 valence electrons. The molecule has 0 aromatic rings. The van der Waals surface area contributed by atoms with Crippen LogP contribution in [0.2, 0.25) is 0 Å². The lowest BCUT2D eigenvalue weighted by Gasteiger charge is -2.10. The van der Waals surface area contributed by atoms with Crippen molar-refractivity contribution in [2.24, 2.45) is 0 Å². The third kappa shape index (κ3) is 4.39. The number of hydrogen-bond donors (Lipinski definition) is 3. The molecule has 0 heterocycles. The lowest BCUT2D eigenvalue weighted by molar-refractivity contribution is -0.172. The number of amides is 1. The van der Waals surface area contributed by atoms with Gasteiger partial charge in [0, 0.05) is 13.2 Å². The molecule has 0 bridgehead atoms. The SMILES string of the molecule is C=CN/C=C(\NC)NC(=O)C(F)(F)F. The Balaban J connectivity index is 4.33. The second kappa shape index (κ2) is 5.15. The fraction of sp³-hybridized carbons (Fsp3) is 0.286. The number of carbonyl (C=O) groups is 1. The van der Waals surface area contributed by atoms with Gasteiger partial charge in [-0.05, 0) is 6.20 Å². The number of halogens is 3. The molecule has 4 nitrogen and oxygen atoms in total. The number of nitrogens with one attached hydrogen (secondary N) is 3. The van der Waals surface area contributed by atoms with Crippen molar-refractivity contribution in [1.82, 2.24) is 16.0 Å². The van der Waals surface area contributed by atoms with Crippen LogP contribution in [0.5, 0.6) is 0 Å². The number of carbonyl (C=O) groups excluding carboxylic acids is 1. The van der Waals surface area contributed by atoms with Gasteiger partial charge in [0.1, 0.15) is 5.82 Å². The Bertz CT molecular complexity index is 247. The van der Waals surface area contributed by atoms with Gasteiger partial charge in [-0.1, -0.05) is 6.58 Å². The van der Waals surface area contributed by atoms with E-state index in [9.17, 15) is 18.0 Å². The molecule has 0 fully saturated rings. The van der Waals surface area contributed by atoms with Crippen molar-refractivity contribution in [3.63, 3.8) is 0 Å². The molecule has 0 saturated carbocycles. The second-order valence-electron chi connectivity index (χ2n) is 2.13. The summed E-state index contributed by atoms with van der Waals surface area (Å²) < 4.78 is 35.3. The molecule has 7 heteroatoms. The van der Waals surface area contributed by atoms with E-state index in [-0.39, 0.29) is 5.82 Å². The summed E-state index contributed by atoms with van der Waals surface area (Å²) in [5.74, 6) is -2.14. The van der Waals surface area contributed by atoms with E-state index in [0.29, 0.717) is 0 Å². The van der Waals surface area contributed by atoms with Crippen molar-refractivity contribution in [2.75, 3.05) is 7.05 Å². The molecule has 0 aromatic carbocycles. The largest absolute Gasteiger partial charge is 0.471 e. The number of rotatable bonds is 4. The van der Waals surface area contributed by atoms with Crippen LogP contribution in [0.1, 0.15) is 0 Å². The molecule has 0 aliphatic carbocycles. The van der Waals surface area contributed by atoms with Gasteiger partial charge in [-0.15, -0.1) is 0 Å². The lowest BCUT2D eigenvalue weighted by Crippen LogP contribution is -2.39. The average Bonchev–Trinajstić information content (AvgIpc) is 2.10. The molecular weight excluding hydrogens is 199 g/mol. The van der Waals surface area contributed by atoms with Crippen molar-refractivity contribution in [1.29, 1.82) is 0 Å². The standard InChI is InChI=1S/C7H10F3N3O/c1-3-12-4-5(11-2)13-6(14)7(8,9)10/h3-4,11-12H,1H2,2H3,(H,13,14)/b5-4+. The van der Waals surface area contributed by atoms with Crippen molar-refractivity contribution in [3.8, 4) is 0 Å². The summed E-state index contributed by atoms with van der Waals surface area (Å²) >= 11 is 0. The first-order valence-corrected chi connectivity index (χ1v) is 3.55.